The molecule has 0 spiro atoms. The minimum atomic E-state index is 0.409. The van der Waals surface area contributed by atoms with Crippen molar-refractivity contribution >= 4 is 27.5 Å². The van der Waals surface area contributed by atoms with Gasteiger partial charge in [-0.1, -0.05) is 34.5 Å². The first-order valence-electron chi connectivity index (χ1n) is 6.87. The van der Waals surface area contributed by atoms with Gasteiger partial charge in [0, 0.05) is 22.5 Å². The lowest BCUT2D eigenvalue weighted by molar-refractivity contribution is 0.464. The summed E-state index contributed by atoms with van der Waals surface area (Å²) in [5.74, 6) is 1.79. The van der Waals surface area contributed by atoms with Crippen LogP contribution in [0.25, 0.3) is 11.3 Å². The standard InChI is InChI=1S/C16H19BrClNO/c1-3-8-19-11(2)9-13-5-7-16(20-13)14-10-12(17)4-6-15(14)18/h4-7,10-11,19H,3,8-9H2,1-2H3. The van der Waals surface area contributed by atoms with Gasteiger partial charge in [0.2, 0.25) is 0 Å². The van der Waals surface area contributed by atoms with E-state index in [2.05, 4.69) is 35.1 Å². The highest BCUT2D eigenvalue weighted by Gasteiger charge is 2.11. The Kier molecular flexibility index (Phi) is 5.70. The molecule has 0 aliphatic carbocycles. The van der Waals surface area contributed by atoms with Gasteiger partial charge in [-0.05, 0) is 50.2 Å². The number of rotatable bonds is 6. The van der Waals surface area contributed by atoms with E-state index in [1.807, 2.05) is 30.3 Å². The SMILES string of the molecule is CCCNC(C)Cc1ccc(-c2cc(Br)ccc2Cl)o1. The number of hydrogen-bond donors (Lipinski definition) is 1. The second kappa shape index (κ2) is 7.30. The molecular formula is C16H19BrClNO. The van der Waals surface area contributed by atoms with E-state index in [0.717, 1.165) is 40.9 Å². The summed E-state index contributed by atoms with van der Waals surface area (Å²) in [6, 6.07) is 10.2. The molecule has 0 aliphatic heterocycles. The first-order chi connectivity index (χ1) is 9.60. The largest absolute Gasteiger partial charge is 0.461 e. The summed E-state index contributed by atoms with van der Waals surface area (Å²) in [5.41, 5.74) is 0.918. The first kappa shape index (κ1) is 15.6. The minimum absolute atomic E-state index is 0.409. The zero-order chi connectivity index (χ0) is 14.5. The highest BCUT2D eigenvalue weighted by molar-refractivity contribution is 9.10. The minimum Gasteiger partial charge on any atom is -0.461 e. The molecule has 4 heteroatoms. The predicted molar refractivity (Wildman–Crippen MR) is 88.3 cm³/mol. The molecule has 0 aliphatic rings. The maximum atomic E-state index is 6.22. The third kappa shape index (κ3) is 4.11. The van der Waals surface area contributed by atoms with Crippen molar-refractivity contribution in [3.63, 3.8) is 0 Å². The maximum absolute atomic E-state index is 6.22. The molecule has 108 valence electrons. The molecule has 0 bridgehead atoms. The van der Waals surface area contributed by atoms with Crippen molar-refractivity contribution in [2.75, 3.05) is 6.54 Å². The van der Waals surface area contributed by atoms with Crippen LogP contribution in [0.4, 0.5) is 0 Å². The Morgan fingerprint density at radius 1 is 1.30 bits per heavy atom. The molecule has 1 aromatic heterocycles. The third-order valence-corrected chi connectivity index (χ3v) is 3.93. The van der Waals surface area contributed by atoms with Gasteiger partial charge in [0.15, 0.2) is 0 Å². The molecule has 1 N–H and O–H groups in total. The molecule has 20 heavy (non-hydrogen) atoms. The molecule has 1 atom stereocenters. The Bertz CT molecular complexity index is 567. The van der Waals surface area contributed by atoms with Crippen LogP contribution in [-0.4, -0.2) is 12.6 Å². The number of nitrogens with one attached hydrogen (secondary N) is 1. The summed E-state index contributed by atoms with van der Waals surface area (Å²) in [4.78, 5) is 0. The Morgan fingerprint density at radius 2 is 2.10 bits per heavy atom. The summed E-state index contributed by atoms with van der Waals surface area (Å²) in [5, 5.41) is 4.16. The fourth-order valence-corrected chi connectivity index (χ4v) is 2.66. The van der Waals surface area contributed by atoms with Crippen molar-refractivity contribution in [3.05, 3.63) is 45.6 Å². The van der Waals surface area contributed by atoms with Crippen LogP contribution in [0.1, 0.15) is 26.0 Å². The third-order valence-electron chi connectivity index (χ3n) is 3.11. The average Bonchev–Trinajstić information content (AvgIpc) is 2.87. The van der Waals surface area contributed by atoms with Gasteiger partial charge in [0.25, 0.3) is 0 Å². The smallest absolute Gasteiger partial charge is 0.135 e. The van der Waals surface area contributed by atoms with E-state index in [1.54, 1.807) is 0 Å². The summed E-state index contributed by atoms with van der Waals surface area (Å²) in [6.07, 6.45) is 2.02. The molecule has 2 aromatic rings. The molecule has 0 amide bonds. The lowest BCUT2D eigenvalue weighted by atomic mass is 10.2. The fraction of sp³-hybridized carbons (Fsp3) is 0.375. The monoisotopic (exact) mass is 355 g/mol. The van der Waals surface area contributed by atoms with Gasteiger partial charge < -0.3 is 9.73 Å². The van der Waals surface area contributed by atoms with Gasteiger partial charge in [-0.2, -0.15) is 0 Å². The van der Waals surface area contributed by atoms with Gasteiger partial charge in [0.1, 0.15) is 11.5 Å². The van der Waals surface area contributed by atoms with E-state index in [0.29, 0.717) is 11.1 Å². The quantitative estimate of drug-likeness (QED) is 0.760. The highest BCUT2D eigenvalue weighted by Crippen LogP contribution is 2.32. The van der Waals surface area contributed by atoms with Crippen LogP contribution in [-0.2, 0) is 6.42 Å². The molecule has 1 unspecified atom stereocenters. The van der Waals surface area contributed by atoms with Crippen LogP contribution in [0.5, 0.6) is 0 Å². The van der Waals surface area contributed by atoms with Crippen LogP contribution in [0.2, 0.25) is 5.02 Å². The number of furan rings is 1. The van der Waals surface area contributed by atoms with Gasteiger partial charge in [0.05, 0.1) is 5.02 Å². The van der Waals surface area contributed by atoms with Crippen LogP contribution in [0.3, 0.4) is 0 Å². The van der Waals surface area contributed by atoms with Crippen LogP contribution in [0.15, 0.2) is 39.2 Å². The molecule has 1 aromatic carbocycles. The summed E-state index contributed by atoms with van der Waals surface area (Å²) in [6.45, 7) is 5.37. The highest BCUT2D eigenvalue weighted by atomic mass is 79.9. The van der Waals surface area contributed by atoms with Crippen molar-refractivity contribution in [2.24, 2.45) is 0 Å². The number of halogens is 2. The van der Waals surface area contributed by atoms with Crippen LogP contribution >= 0.6 is 27.5 Å². The van der Waals surface area contributed by atoms with Crippen molar-refractivity contribution < 1.29 is 4.42 Å². The Balaban J connectivity index is 2.10. The van der Waals surface area contributed by atoms with Gasteiger partial charge >= 0.3 is 0 Å². The second-order valence-electron chi connectivity index (χ2n) is 4.95. The second-order valence-corrected chi connectivity index (χ2v) is 6.27. The van der Waals surface area contributed by atoms with E-state index in [9.17, 15) is 0 Å². The fourth-order valence-electron chi connectivity index (χ4n) is 2.08. The van der Waals surface area contributed by atoms with Crippen molar-refractivity contribution in [3.8, 4) is 11.3 Å². The summed E-state index contributed by atoms with van der Waals surface area (Å²) < 4.78 is 6.90. The zero-order valence-electron chi connectivity index (χ0n) is 11.7. The van der Waals surface area contributed by atoms with Crippen molar-refractivity contribution in [1.29, 1.82) is 0 Å². The summed E-state index contributed by atoms with van der Waals surface area (Å²) in [7, 11) is 0. The van der Waals surface area contributed by atoms with E-state index < -0.39 is 0 Å². The zero-order valence-corrected chi connectivity index (χ0v) is 14.1. The Morgan fingerprint density at radius 3 is 2.85 bits per heavy atom. The van der Waals surface area contributed by atoms with Gasteiger partial charge in [-0.25, -0.2) is 0 Å². The number of benzene rings is 1. The first-order valence-corrected chi connectivity index (χ1v) is 8.04. The Hall–Kier alpha value is -0.770. The van der Waals surface area contributed by atoms with E-state index in [-0.39, 0.29) is 0 Å². The van der Waals surface area contributed by atoms with Crippen molar-refractivity contribution in [2.45, 2.75) is 32.7 Å². The van der Waals surface area contributed by atoms with Gasteiger partial charge in [-0.3, -0.25) is 0 Å². The van der Waals surface area contributed by atoms with Gasteiger partial charge in [-0.15, -0.1) is 0 Å². The molecule has 0 radical (unpaired) electrons. The van der Waals surface area contributed by atoms with E-state index in [4.69, 9.17) is 16.0 Å². The van der Waals surface area contributed by atoms with Crippen molar-refractivity contribution in [1.82, 2.24) is 5.32 Å². The molecular weight excluding hydrogens is 338 g/mol. The lowest BCUT2D eigenvalue weighted by Gasteiger charge is -2.11. The number of hydrogen-bond acceptors (Lipinski definition) is 2. The molecule has 0 fully saturated rings. The van der Waals surface area contributed by atoms with E-state index in [1.165, 1.54) is 0 Å². The topological polar surface area (TPSA) is 25.2 Å². The average molecular weight is 357 g/mol. The molecule has 0 saturated heterocycles. The maximum Gasteiger partial charge on any atom is 0.135 e. The molecule has 2 rings (SSSR count). The van der Waals surface area contributed by atoms with Crippen LogP contribution < -0.4 is 5.32 Å². The molecule has 2 nitrogen and oxygen atoms in total. The lowest BCUT2D eigenvalue weighted by Crippen LogP contribution is -2.28. The summed E-state index contributed by atoms with van der Waals surface area (Å²) >= 11 is 9.68. The van der Waals surface area contributed by atoms with Crippen LogP contribution in [0, 0.1) is 0 Å². The molecule has 1 heterocycles. The Labute approximate surface area is 133 Å². The predicted octanol–water partition coefficient (Wildman–Crippen LogP) is 5.29. The van der Waals surface area contributed by atoms with E-state index >= 15 is 0 Å². The molecule has 0 saturated carbocycles. The normalized spacial score (nSPS) is 12.6.